The second-order valence-corrected chi connectivity index (χ2v) is 4.28. The summed E-state index contributed by atoms with van der Waals surface area (Å²) < 4.78 is 10.4. The fourth-order valence-corrected chi connectivity index (χ4v) is 1.90. The van der Waals surface area contributed by atoms with E-state index in [-0.39, 0.29) is 5.91 Å². The molecule has 106 valence electrons. The van der Waals surface area contributed by atoms with E-state index in [1.165, 1.54) is 0 Å². The second kappa shape index (κ2) is 6.18. The molecule has 0 aliphatic heterocycles. The predicted molar refractivity (Wildman–Crippen MR) is 72.6 cm³/mol. The van der Waals surface area contributed by atoms with Crippen molar-refractivity contribution in [3.63, 3.8) is 0 Å². The van der Waals surface area contributed by atoms with Crippen LogP contribution >= 0.6 is 0 Å². The lowest BCUT2D eigenvalue weighted by Gasteiger charge is -2.09. The number of nitrogens with zero attached hydrogens (tertiary/aromatic N) is 2. The quantitative estimate of drug-likeness (QED) is 0.903. The first kappa shape index (κ1) is 14.0. The maximum Gasteiger partial charge on any atom is 0.257 e. The van der Waals surface area contributed by atoms with E-state index in [1.807, 2.05) is 13.0 Å². The summed E-state index contributed by atoms with van der Waals surface area (Å²) in [6.07, 6.45) is 1.66. The number of ether oxygens (including phenoxy) is 1. The minimum absolute atomic E-state index is 0.215. The van der Waals surface area contributed by atoms with Gasteiger partial charge in [0.25, 0.3) is 5.91 Å². The van der Waals surface area contributed by atoms with Crippen LogP contribution in [0.15, 0.2) is 22.9 Å². The van der Waals surface area contributed by atoms with Crippen LogP contribution in [-0.2, 0) is 6.54 Å². The summed E-state index contributed by atoms with van der Waals surface area (Å²) in [5.74, 6) is 0.831. The summed E-state index contributed by atoms with van der Waals surface area (Å²) in [6, 6.07) is 3.67. The van der Waals surface area contributed by atoms with Gasteiger partial charge in [0.05, 0.1) is 12.3 Å². The van der Waals surface area contributed by atoms with E-state index in [0.717, 1.165) is 5.56 Å². The monoisotopic (exact) mass is 275 g/mol. The molecule has 0 saturated carbocycles. The molecule has 2 aromatic heterocycles. The van der Waals surface area contributed by atoms with E-state index in [4.69, 9.17) is 9.26 Å². The van der Waals surface area contributed by atoms with Crippen LogP contribution in [0.2, 0.25) is 0 Å². The van der Waals surface area contributed by atoms with Crippen LogP contribution in [-0.4, -0.2) is 22.7 Å². The van der Waals surface area contributed by atoms with Crippen molar-refractivity contribution in [2.24, 2.45) is 0 Å². The van der Waals surface area contributed by atoms with Crippen molar-refractivity contribution in [1.29, 1.82) is 0 Å². The van der Waals surface area contributed by atoms with Crippen LogP contribution in [0.3, 0.4) is 0 Å². The van der Waals surface area contributed by atoms with Crippen molar-refractivity contribution in [2.45, 2.75) is 27.3 Å². The largest absolute Gasteiger partial charge is 0.478 e. The summed E-state index contributed by atoms with van der Waals surface area (Å²) in [4.78, 5) is 16.3. The number of hydrogen-bond acceptors (Lipinski definition) is 5. The number of carbonyl (C=O) groups is 1. The summed E-state index contributed by atoms with van der Waals surface area (Å²) in [5.41, 5.74) is 1.89. The number of aromatic nitrogens is 2. The number of amides is 1. The van der Waals surface area contributed by atoms with Gasteiger partial charge in [-0.05, 0) is 26.8 Å². The smallest absolute Gasteiger partial charge is 0.257 e. The average Bonchev–Trinajstić information content (AvgIpc) is 2.77. The topological polar surface area (TPSA) is 77.2 Å². The van der Waals surface area contributed by atoms with Crippen LogP contribution in [0, 0.1) is 13.8 Å². The van der Waals surface area contributed by atoms with Crippen LogP contribution in [0.4, 0.5) is 0 Å². The molecule has 2 heterocycles. The molecule has 6 heteroatoms. The highest BCUT2D eigenvalue weighted by atomic mass is 16.5. The fraction of sp³-hybridized carbons (Fsp3) is 0.357. The SMILES string of the molecule is CCOc1ncccc1CNC(=O)c1c(C)noc1C. The molecule has 0 aliphatic carbocycles. The minimum atomic E-state index is -0.215. The zero-order valence-corrected chi connectivity index (χ0v) is 11.8. The summed E-state index contributed by atoms with van der Waals surface area (Å²) in [7, 11) is 0. The van der Waals surface area contributed by atoms with Crippen molar-refractivity contribution in [3.05, 3.63) is 40.9 Å². The standard InChI is InChI=1S/C14H17N3O3/c1-4-19-14-11(6-5-7-15-14)8-16-13(18)12-9(2)17-20-10(12)3/h5-7H,4,8H2,1-3H3,(H,16,18). The Balaban J connectivity index is 2.08. The molecule has 6 nitrogen and oxygen atoms in total. The van der Waals surface area contributed by atoms with Gasteiger partial charge in [-0.15, -0.1) is 0 Å². The predicted octanol–water partition coefficient (Wildman–Crippen LogP) is 2.02. The van der Waals surface area contributed by atoms with Gasteiger partial charge in [-0.3, -0.25) is 4.79 Å². The molecule has 0 fully saturated rings. The van der Waals surface area contributed by atoms with E-state index >= 15 is 0 Å². The Morgan fingerprint density at radius 1 is 1.45 bits per heavy atom. The number of nitrogens with one attached hydrogen (secondary N) is 1. The lowest BCUT2D eigenvalue weighted by molar-refractivity contribution is 0.0948. The third kappa shape index (κ3) is 2.96. The molecule has 0 bridgehead atoms. The third-order valence-corrected chi connectivity index (χ3v) is 2.83. The molecule has 1 amide bonds. The highest BCUT2D eigenvalue weighted by Gasteiger charge is 2.17. The first-order valence-electron chi connectivity index (χ1n) is 6.41. The lowest BCUT2D eigenvalue weighted by atomic mass is 10.2. The first-order valence-corrected chi connectivity index (χ1v) is 6.41. The molecule has 2 aromatic rings. The number of pyridine rings is 1. The molecule has 0 radical (unpaired) electrons. The molecular weight excluding hydrogens is 258 g/mol. The number of aryl methyl sites for hydroxylation is 2. The van der Waals surface area contributed by atoms with Gasteiger partial charge in [0.1, 0.15) is 11.3 Å². The van der Waals surface area contributed by atoms with E-state index in [1.54, 1.807) is 26.1 Å². The highest BCUT2D eigenvalue weighted by Crippen LogP contribution is 2.15. The molecule has 2 rings (SSSR count). The van der Waals surface area contributed by atoms with Gasteiger partial charge >= 0.3 is 0 Å². The van der Waals surface area contributed by atoms with Gasteiger partial charge in [-0.25, -0.2) is 4.98 Å². The molecule has 0 saturated heterocycles. The van der Waals surface area contributed by atoms with Gasteiger partial charge < -0.3 is 14.6 Å². The summed E-state index contributed by atoms with van der Waals surface area (Å²) in [6.45, 7) is 6.21. The lowest BCUT2D eigenvalue weighted by Crippen LogP contribution is -2.24. The number of carbonyl (C=O) groups excluding carboxylic acids is 1. The summed E-state index contributed by atoms with van der Waals surface area (Å²) in [5, 5.41) is 6.59. The van der Waals surface area contributed by atoms with Crippen molar-refractivity contribution in [2.75, 3.05) is 6.61 Å². The van der Waals surface area contributed by atoms with Gasteiger partial charge in [0.15, 0.2) is 0 Å². The maximum absolute atomic E-state index is 12.1. The normalized spacial score (nSPS) is 10.3. The molecule has 0 unspecified atom stereocenters. The van der Waals surface area contributed by atoms with Gasteiger partial charge in [0, 0.05) is 18.3 Å². The van der Waals surface area contributed by atoms with Gasteiger partial charge in [0.2, 0.25) is 5.88 Å². The maximum atomic E-state index is 12.1. The van der Waals surface area contributed by atoms with E-state index in [2.05, 4.69) is 15.5 Å². The highest BCUT2D eigenvalue weighted by molar-refractivity contribution is 5.96. The molecule has 0 spiro atoms. The van der Waals surface area contributed by atoms with Gasteiger partial charge in [-0.1, -0.05) is 11.2 Å². The minimum Gasteiger partial charge on any atom is -0.478 e. The molecule has 0 aromatic carbocycles. The molecule has 0 aliphatic rings. The first-order chi connectivity index (χ1) is 9.63. The van der Waals surface area contributed by atoms with E-state index < -0.39 is 0 Å². The Hall–Kier alpha value is -2.37. The zero-order chi connectivity index (χ0) is 14.5. The Bertz CT molecular complexity index is 588. The van der Waals surface area contributed by atoms with Crippen LogP contribution < -0.4 is 10.1 Å². The Morgan fingerprint density at radius 3 is 2.90 bits per heavy atom. The number of hydrogen-bond donors (Lipinski definition) is 1. The summed E-state index contributed by atoms with van der Waals surface area (Å²) >= 11 is 0. The molecule has 0 atom stereocenters. The zero-order valence-electron chi connectivity index (χ0n) is 11.8. The molecule has 20 heavy (non-hydrogen) atoms. The fourth-order valence-electron chi connectivity index (χ4n) is 1.90. The van der Waals surface area contributed by atoms with Crippen LogP contribution in [0.5, 0.6) is 5.88 Å². The van der Waals surface area contributed by atoms with Crippen molar-refractivity contribution >= 4 is 5.91 Å². The van der Waals surface area contributed by atoms with Gasteiger partial charge in [-0.2, -0.15) is 0 Å². The second-order valence-electron chi connectivity index (χ2n) is 4.28. The number of rotatable bonds is 5. The van der Waals surface area contributed by atoms with Crippen LogP contribution in [0.25, 0.3) is 0 Å². The van der Waals surface area contributed by atoms with Crippen LogP contribution in [0.1, 0.15) is 34.3 Å². The Labute approximate surface area is 117 Å². The van der Waals surface area contributed by atoms with E-state index in [9.17, 15) is 4.79 Å². The van der Waals surface area contributed by atoms with Crippen molar-refractivity contribution < 1.29 is 14.1 Å². The van der Waals surface area contributed by atoms with Crippen molar-refractivity contribution in [3.8, 4) is 5.88 Å². The third-order valence-electron chi connectivity index (χ3n) is 2.83. The molecular formula is C14H17N3O3. The average molecular weight is 275 g/mol. The Morgan fingerprint density at radius 2 is 2.25 bits per heavy atom. The molecule has 1 N–H and O–H groups in total. The Kier molecular flexibility index (Phi) is 4.34. The van der Waals surface area contributed by atoms with Crippen molar-refractivity contribution in [1.82, 2.24) is 15.5 Å². The van der Waals surface area contributed by atoms with E-state index in [0.29, 0.717) is 36.0 Å².